The molecule has 0 radical (unpaired) electrons. The monoisotopic (exact) mass is 350 g/mol. The van der Waals surface area contributed by atoms with E-state index in [4.69, 9.17) is 11.6 Å². The van der Waals surface area contributed by atoms with Crippen molar-refractivity contribution in [3.8, 4) is 0 Å². The lowest BCUT2D eigenvalue weighted by Crippen LogP contribution is -2.45. The second kappa shape index (κ2) is 7.70. The Morgan fingerprint density at radius 2 is 1.96 bits per heavy atom. The molecule has 5 nitrogen and oxygen atoms in total. The van der Waals surface area contributed by atoms with Gasteiger partial charge >= 0.3 is 0 Å². The van der Waals surface area contributed by atoms with Gasteiger partial charge in [-0.25, -0.2) is 4.98 Å². The van der Waals surface area contributed by atoms with E-state index in [0.29, 0.717) is 16.6 Å². The molecule has 3 heterocycles. The van der Waals surface area contributed by atoms with Gasteiger partial charge in [-0.15, -0.1) is 0 Å². The molecule has 6 heteroatoms. The lowest BCUT2D eigenvalue weighted by atomic mass is 10.0. The van der Waals surface area contributed by atoms with Crippen molar-refractivity contribution in [2.45, 2.75) is 38.1 Å². The zero-order valence-corrected chi connectivity index (χ0v) is 15.4. The summed E-state index contributed by atoms with van der Waals surface area (Å²) in [5.74, 6) is 0.860. The van der Waals surface area contributed by atoms with Crippen LogP contribution in [0.1, 0.15) is 42.5 Å². The van der Waals surface area contributed by atoms with Crippen LogP contribution in [0, 0.1) is 0 Å². The number of anilines is 1. The van der Waals surface area contributed by atoms with Crippen molar-refractivity contribution in [1.82, 2.24) is 14.8 Å². The lowest BCUT2D eigenvalue weighted by molar-refractivity contribution is 0.0724. The Bertz CT molecular complexity index is 586. The quantitative estimate of drug-likeness (QED) is 0.840. The predicted octanol–water partition coefficient (Wildman–Crippen LogP) is 2.89. The van der Waals surface area contributed by atoms with Gasteiger partial charge in [-0.3, -0.25) is 4.79 Å². The Balaban J connectivity index is 1.73. The van der Waals surface area contributed by atoms with Crippen LogP contribution in [-0.4, -0.2) is 67.0 Å². The SMILES string of the molecule is CN(C)C1CCCN(c2ncc(C(=O)N3CCCCC3)cc2Cl)C1. The number of amides is 1. The number of rotatable bonds is 3. The van der Waals surface area contributed by atoms with E-state index in [1.807, 2.05) is 4.90 Å². The molecular weight excluding hydrogens is 324 g/mol. The molecule has 0 saturated carbocycles. The van der Waals surface area contributed by atoms with Crippen LogP contribution in [0.2, 0.25) is 5.02 Å². The van der Waals surface area contributed by atoms with Gasteiger partial charge in [0.1, 0.15) is 5.82 Å². The fraction of sp³-hybridized carbons (Fsp3) is 0.667. The molecular formula is C18H27ClN4O. The maximum atomic E-state index is 12.6. The lowest BCUT2D eigenvalue weighted by Gasteiger charge is -2.37. The van der Waals surface area contributed by atoms with Crippen molar-refractivity contribution in [3.05, 3.63) is 22.8 Å². The minimum Gasteiger partial charge on any atom is -0.354 e. The van der Waals surface area contributed by atoms with Gasteiger partial charge in [-0.1, -0.05) is 11.6 Å². The third kappa shape index (κ3) is 3.83. The Morgan fingerprint density at radius 3 is 2.62 bits per heavy atom. The standard InChI is InChI=1S/C18H27ClN4O/c1-21(2)15-7-6-10-23(13-15)17-16(19)11-14(12-20-17)18(24)22-8-4-3-5-9-22/h11-12,15H,3-10,13H2,1-2H3. The van der Waals surface area contributed by atoms with E-state index >= 15 is 0 Å². The molecule has 2 saturated heterocycles. The van der Waals surface area contributed by atoms with E-state index in [2.05, 4.69) is 28.9 Å². The van der Waals surface area contributed by atoms with Gasteiger partial charge in [0.15, 0.2) is 0 Å². The fourth-order valence-corrected chi connectivity index (χ4v) is 3.91. The highest BCUT2D eigenvalue weighted by molar-refractivity contribution is 6.33. The molecule has 24 heavy (non-hydrogen) atoms. The van der Waals surface area contributed by atoms with E-state index in [0.717, 1.165) is 51.3 Å². The Labute approximate surface area is 149 Å². The van der Waals surface area contributed by atoms with Crippen LogP contribution in [0.3, 0.4) is 0 Å². The zero-order chi connectivity index (χ0) is 17.1. The summed E-state index contributed by atoms with van der Waals surface area (Å²) in [6.07, 6.45) is 7.42. The molecule has 1 unspecified atom stereocenters. The van der Waals surface area contributed by atoms with Crippen molar-refractivity contribution < 1.29 is 4.79 Å². The molecule has 0 spiro atoms. The first-order chi connectivity index (χ1) is 11.6. The number of likely N-dealkylation sites (N-methyl/N-ethyl adjacent to an activating group) is 1. The van der Waals surface area contributed by atoms with Crippen molar-refractivity contribution >= 4 is 23.3 Å². The Morgan fingerprint density at radius 1 is 1.21 bits per heavy atom. The maximum absolute atomic E-state index is 12.6. The van der Waals surface area contributed by atoms with Crippen molar-refractivity contribution in [1.29, 1.82) is 0 Å². The molecule has 132 valence electrons. The summed E-state index contributed by atoms with van der Waals surface area (Å²) in [5, 5.41) is 0.581. The molecule has 2 aliphatic rings. The van der Waals surface area contributed by atoms with Crippen molar-refractivity contribution in [2.24, 2.45) is 0 Å². The van der Waals surface area contributed by atoms with E-state index in [1.54, 1.807) is 12.3 Å². The van der Waals surface area contributed by atoms with E-state index in [-0.39, 0.29) is 5.91 Å². The number of likely N-dealkylation sites (tertiary alicyclic amines) is 1. The van der Waals surface area contributed by atoms with E-state index < -0.39 is 0 Å². The van der Waals surface area contributed by atoms with Gasteiger partial charge in [0.25, 0.3) is 5.91 Å². The number of halogens is 1. The smallest absolute Gasteiger partial charge is 0.255 e. The molecule has 0 bridgehead atoms. The van der Waals surface area contributed by atoms with Gasteiger partial charge < -0.3 is 14.7 Å². The van der Waals surface area contributed by atoms with Crippen molar-refractivity contribution in [3.63, 3.8) is 0 Å². The second-order valence-electron chi connectivity index (χ2n) is 7.09. The minimum absolute atomic E-state index is 0.0560. The largest absolute Gasteiger partial charge is 0.354 e. The number of piperidine rings is 2. The third-order valence-electron chi connectivity index (χ3n) is 5.14. The number of carbonyl (C=O) groups is 1. The maximum Gasteiger partial charge on any atom is 0.255 e. The number of carbonyl (C=O) groups excluding carboxylic acids is 1. The molecule has 0 N–H and O–H groups in total. The highest BCUT2D eigenvalue weighted by Crippen LogP contribution is 2.28. The van der Waals surface area contributed by atoms with Crippen LogP contribution >= 0.6 is 11.6 Å². The topological polar surface area (TPSA) is 39.7 Å². The zero-order valence-electron chi connectivity index (χ0n) is 14.7. The van der Waals surface area contributed by atoms with Gasteiger partial charge in [0, 0.05) is 38.4 Å². The molecule has 2 aliphatic heterocycles. The number of hydrogen-bond acceptors (Lipinski definition) is 4. The second-order valence-corrected chi connectivity index (χ2v) is 7.50. The van der Waals surface area contributed by atoms with E-state index in [1.165, 1.54) is 12.8 Å². The molecule has 3 rings (SSSR count). The summed E-state index contributed by atoms with van der Waals surface area (Å²) >= 11 is 6.48. The third-order valence-corrected chi connectivity index (χ3v) is 5.42. The van der Waals surface area contributed by atoms with Crippen LogP contribution in [0.25, 0.3) is 0 Å². The Kier molecular flexibility index (Phi) is 5.61. The van der Waals surface area contributed by atoms with Crippen LogP contribution in [0.5, 0.6) is 0 Å². The van der Waals surface area contributed by atoms with Crippen LogP contribution in [0.15, 0.2) is 12.3 Å². The minimum atomic E-state index is 0.0560. The number of nitrogens with zero attached hydrogens (tertiary/aromatic N) is 4. The summed E-state index contributed by atoms with van der Waals surface area (Å²) in [6.45, 7) is 3.58. The highest BCUT2D eigenvalue weighted by atomic mass is 35.5. The van der Waals surface area contributed by atoms with Crippen LogP contribution in [-0.2, 0) is 0 Å². The Hall–Kier alpha value is -1.33. The van der Waals surface area contributed by atoms with Crippen molar-refractivity contribution in [2.75, 3.05) is 45.2 Å². The van der Waals surface area contributed by atoms with Gasteiger partial charge in [0.05, 0.1) is 10.6 Å². The molecule has 0 aliphatic carbocycles. The van der Waals surface area contributed by atoms with Gasteiger partial charge in [-0.2, -0.15) is 0 Å². The molecule has 1 aromatic rings. The summed E-state index contributed by atoms with van der Waals surface area (Å²) in [7, 11) is 4.23. The van der Waals surface area contributed by atoms with Crippen LogP contribution in [0.4, 0.5) is 5.82 Å². The predicted molar refractivity (Wildman–Crippen MR) is 97.9 cm³/mol. The normalized spacial score (nSPS) is 22.1. The van der Waals surface area contributed by atoms with E-state index in [9.17, 15) is 4.79 Å². The average Bonchev–Trinajstić information content (AvgIpc) is 2.62. The molecule has 1 aromatic heterocycles. The first kappa shape index (κ1) is 17.5. The van der Waals surface area contributed by atoms with Crippen LogP contribution < -0.4 is 4.90 Å². The first-order valence-electron chi connectivity index (χ1n) is 8.92. The summed E-state index contributed by atoms with van der Waals surface area (Å²) in [4.78, 5) is 23.5. The summed E-state index contributed by atoms with van der Waals surface area (Å²) in [6, 6.07) is 2.31. The molecule has 0 aromatic carbocycles. The number of aromatic nitrogens is 1. The fourth-order valence-electron chi connectivity index (χ4n) is 3.63. The van der Waals surface area contributed by atoms with Gasteiger partial charge in [-0.05, 0) is 52.3 Å². The first-order valence-corrected chi connectivity index (χ1v) is 9.30. The summed E-state index contributed by atoms with van der Waals surface area (Å²) in [5.41, 5.74) is 0.604. The van der Waals surface area contributed by atoms with Gasteiger partial charge in [0.2, 0.25) is 0 Å². The molecule has 1 amide bonds. The number of hydrogen-bond donors (Lipinski definition) is 0. The molecule has 2 fully saturated rings. The molecule has 1 atom stereocenters. The highest BCUT2D eigenvalue weighted by Gasteiger charge is 2.25. The summed E-state index contributed by atoms with van der Waals surface area (Å²) < 4.78 is 0. The average molecular weight is 351 g/mol. The number of pyridine rings is 1.